The Labute approximate surface area is 178 Å². The number of carbonyl (C=O) groups is 2. The highest BCUT2D eigenvalue weighted by Crippen LogP contribution is 2.29. The molecule has 0 radical (unpaired) electrons. The highest BCUT2D eigenvalue weighted by atomic mass is 32.1. The van der Waals surface area contributed by atoms with Crippen LogP contribution in [-0.2, 0) is 16.0 Å². The van der Waals surface area contributed by atoms with Crippen molar-refractivity contribution in [2.75, 3.05) is 24.9 Å². The number of anilines is 2. The third-order valence-corrected chi connectivity index (χ3v) is 4.84. The number of methoxy groups -OCH3 is 2. The maximum absolute atomic E-state index is 12.4. The first-order valence-corrected chi connectivity index (χ1v) is 9.95. The second kappa shape index (κ2) is 10.2. The van der Waals surface area contributed by atoms with Gasteiger partial charge in [0.1, 0.15) is 11.5 Å². The molecule has 0 saturated heterocycles. The van der Waals surface area contributed by atoms with Crippen LogP contribution in [0.1, 0.15) is 11.3 Å². The van der Waals surface area contributed by atoms with Crippen LogP contribution < -0.4 is 20.1 Å². The van der Waals surface area contributed by atoms with E-state index in [0.29, 0.717) is 28.0 Å². The van der Waals surface area contributed by atoms with Gasteiger partial charge in [0.15, 0.2) is 5.13 Å². The van der Waals surface area contributed by atoms with Gasteiger partial charge < -0.3 is 14.8 Å². The number of thiazole rings is 1. The van der Waals surface area contributed by atoms with Crippen LogP contribution in [0.2, 0.25) is 0 Å². The van der Waals surface area contributed by atoms with E-state index in [1.54, 1.807) is 36.8 Å². The molecule has 154 valence electrons. The van der Waals surface area contributed by atoms with Gasteiger partial charge in [-0.2, -0.15) is 0 Å². The number of rotatable bonds is 8. The lowest BCUT2D eigenvalue weighted by atomic mass is 10.2. The average Bonchev–Trinajstić information content (AvgIpc) is 3.19. The minimum absolute atomic E-state index is 0.0708. The zero-order valence-corrected chi connectivity index (χ0v) is 17.4. The van der Waals surface area contributed by atoms with E-state index in [1.807, 2.05) is 30.3 Å². The number of hydrogen-bond donors (Lipinski definition) is 2. The summed E-state index contributed by atoms with van der Waals surface area (Å²) < 4.78 is 10.4. The first-order chi connectivity index (χ1) is 14.6. The topological polar surface area (TPSA) is 89.6 Å². The zero-order chi connectivity index (χ0) is 21.3. The molecule has 0 atom stereocenters. The molecule has 1 aromatic heterocycles. The van der Waals surface area contributed by atoms with Gasteiger partial charge in [0.2, 0.25) is 11.8 Å². The van der Waals surface area contributed by atoms with Crippen LogP contribution in [0.4, 0.5) is 10.8 Å². The molecule has 30 heavy (non-hydrogen) atoms. The van der Waals surface area contributed by atoms with Crippen molar-refractivity contribution in [3.63, 3.8) is 0 Å². The van der Waals surface area contributed by atoms with Gasteiger partial charge >= 0.3 is 0 Å². The quantitative estimate of drug-likeness (QED) is 0.535. The summed E-state index contributed by atoms with van der Waals surface area (Å²) in [7, 11) is 3.08. The Hall–Kier alpha value is -3.65. The van der Waals surface area contributed by atoms with E-state index in [4.69, 9.17) is 9.47 Å². The van der Waals surface area contributed by atoms with Gasteiger partial charge in [0, 0.05) is 17.5 Å². The second-order valence-electron chi connectivity index (χ2n) is 6.17. The van der Waals surface area contributed by atoms with Gasteiger partial charge in [-0.1, -0.05) is 30.3 Å². The molecule has 0 spiro atoms. The molecule has 2 aromatic carbocycles. The maximum atomic E-state index is 12.4. The van der Waals surface area contributed by atoms with Crippen molar-refractivity contribution in [3.05, 3.63) is 71.2 Å². The fourth-order valence-corrected chi connectivity index (χ4v) is 3.30. The normalized spacial score (nSPS) is 10.6. The molecule has 3 rings (SSSR count). The molecule has 3 aromatic rings. The van der Waals surface area contributed by atoms with Gasteiger partial charge in [-0.3, -0.25) is 14.9 Å². The van der Waals surface area contributed by atoms with Crippen molar-refractivity contribution in [1.82, 2.24) is 4.98 Å². The van der Waals surface area contributed by atoms with E-state index >= 15 is 0 Å². The lowest BCUT2D eigenvalue weighted by Gasteiger charge is -2.11. The Morgan fingerprint density at radius 3 is 2.60 bits per heavy atom. The molecule has 2 N–H and O–H groups in total. The monoisotopic (exact) mass is 423 g/mol. The van der Waals surface area contributed by atoms with Crippen LogP contribution >= 0.6 is 11.3 Å². The predicted octanol–water partition coefficient (Wildman–Crippen LogP) is 3.99. The van der Waals surface area contributed by atoms with Crippen LogP contribution in [0.5, 0.6) is 11.5 Å². The standard InChI is InChI=1S/C22H21N3O4S/c1-28-17-9-10-18(19(13-17)29-2)24-21(27)12-16-14-30-22(23-16)25-20(26)11-8-15-6-4-3-5-7-15/h3-11,13-14H,12H2,1-2H3,(H,24,27)(H,23,25,26)/b11-8+. The third-order valence-electron chi connectivity index (χ3n) is 4.03. The van der Waals surface area contributed by atoms with E-state index in [-0.39, 0.29) is 18.2 Å². The highest BCUT2D eigenvalue weighted by Gasteiger charge is 2.12. The fourth-order valence-electron chi connectivity index (χ4n) is 2.59. The SMILES string of the molecule is COc1ccc(NC(=O)Cc2csc(NC(=O)/C=C/c3ccccc3)n2)c(OC)c1. The van der Waals surface area contributed by atoms with Crippen LogP contribution in [0.25, 0.3) is 6.08 Å². The van der Waals surface area contributed by atoms with Crippen molar-refractivity contribution in [2.24, 2.45) is 0 Å². The number of aromatic nitrogens is 1. The summed E-state index contributed by atoms with van der Waals surface area (Å²) in [6.45, 7) is 0. The Morgan fingerprint density at radius 1 is 1.07 bits per heavy atom. The number of amides is 2. The summed E-state index contributed by atoms with van der Waals surface area (Å²) in [5.41, 5.74) is 2.03. The molecule has 1 heterocycles. The third kappa shape index (κ3) is 5.92. The molecular formula is C22H21N3O4S. The molecule has 7 nitrogen and oxygen atoms in total. The number of nitrogens with one attached hydrogen (secondary N) is 2. The Morgan fingerprint density at radius 2 is 1.87 bits per heavy atom. The number of carbonyl (C=O) groups excluding carboxylic acids is 2. The van der Waals surface area contributed by atoms with Crippen molar-refractivity contribution >= 4 is 40.0 Å². The van der Waals surface area contributed by atoms with E-state index in [0.717, 1.165) is 5.56 Å². The van der Waals surface area contributed by atoms with Crippen molar-refractivity contribution in [1.29, 1.82) is 0 Å². The molecule has 0 aliphatic carbocycles. The molecule has 0 aliphatic heterocycles. The maximum Gasteiger partial charge on any atom is 0.250 e. The minimum Gasteiger partial charge on any atom is -0.497 e. The summed E-state index contributed by atoms with van der Waals surface area (Å²) in [6, 6.07) is 14.7. The number of hydrogen-bond acceptors (Lipinski definition) is 6. The molecule has 0 saturated carbocycles. The summed E-state index contributed by atoms with van der Waals surface area (Å²) in [6.07, 6.45) is 3.24. The summed E-state index contributed by atoms with van der Waals surface area (Å²) in [5, 5.41) is 7.67. The lowest BCUT2D eigenvalue weighted by Crippen LogP contribution is -2.15. The summed E-state index contributed by atoms with van der Waals surface area (Å²) in [5.74, 6) is 0.600. The minimum atomic E-state index is -0.285. The lowest BCUT2D eigenvalue weighted by molar-refractivity contribution is -0.115. The van der Waals surface area contributed by atoms with E-state index in [2.05, 4.69) is 15.6 Å². The predicted molar refractivity (Wildman–Crippen MR) is 118 cm³/mol. The molecule has 0 bridgehead atoms. The first kappa shape index (κ1) is 21.1. The van der Waals surface area contributed by atoms with E-state index < -0.39 is 0 Å². The first-order valence-electron chi connectivity index (χ1n) is 9.08. The smallest absolute Gasteiger partial charge is 0.250 e. The summed E-state index contributed by atoms with van der Waals surface area (Å²) >= 11 is 1.26. The number of ether oxygens (including phenoxy) is 2. The van der Waals surface area contributed by atoms with Crippen molar-refractivity contribution in [2.45, 2.75) is 6.42 Å². The second-order valence-corrected chi connectivity index (χ2v) is 7.03. The van der Waals surface area contributed by atoms with Crippen molar-refractivity contribution in [3.8, 4) is 11.5 Å². The van der Waals surface area contributed by atoms with Crippen molar-refractivity contribution < 1.29 is 19.1 Å². The van der Waals surface area contributed by atoms with Gasteiger partial charge in [-0.25, -0.2) is 4.98 Å². The highest BCUT2D eigenvalue weighted by molar-refractivity contribution is 7.14. The number of nitrogens with zero attached hydrogens (tertiary/aromatic N) is 1. The molecule has 0 unspecified atom stereocenters. The molecule has 2 amide bonds. The van der Waals surface area contributed by atoms with Crippen LogP contribution in [0.3, 0.4) is 0 Å². The van der Waals surface area contributed by atoms with Crippen LogP contribution in [-0.4, -0.2) is 31.0 Å². The average molecular weight is 423 g/mol. The van der Waals surface area contributed by atoms with Gasteiger partial charge in [-0.05, 0) is 23.8 Å². The molecule has 0 fully saturated rings. The van der Waals surface area contributed by atoms with Crippen LogP contribution in [0, 0.1) is 0 Å². The summed E-state index contributed by atoms with van der Waals surface area (Å²) in [4.78, 5) is 28.7. The Balaban J connectivity index is 1.55. The number of benzene rings is 2. The van der Waals surface area contributed by atoms with Crippen LogP contribution in [0.15, 0.2) is 60.0 Å². The fraction of sp³-hybridized carbons (Fsp3) is 0.136. The van der Waals surface area contributed by atoms with Gasteiger partial charge in [-0.15, -0.1) is 11.3 Å². The van der Waals surface area contributed by atoms with E-state index in [9.17, 15) is 9.59 Å². The van der Waals surface area contributed by atoms with E-state index in [1.165, 1.54) is 24.5 Å². The van der Waals surface area contributed by atoms with Gasteiger partial charge in [0.05, 0.1) is 32.0 Å². The van der Waals surface area contributed by atoms with Gasteiger partial charge in [0.25, 0.3) is 0 Å². The molecule has 0 aliphatic rings. The molecular weight excluding hydrogens is 402 g/mol. The zero-order valence-electron chi connectivity index (χ0n) is 16.5. The Bertz CT molecular complexity index is 1050. The Kier molecular flexibility index (Phi) is 7.18. The molecule has 8 heteroatoms. The largest absolute Gasteiger partial charge is 0.497 e.